The molecule has 0 saturated heterocycles. The quantitative estimate of drug-likeness (QED) is 0.643. The van der Waals surface area contributed by atoms with Crippen molar-refractivity contribution in [3.63, 3.8) is 0 Å². The molecule has 0 radical (unpaired) electrons. The summed E-state index contributed by atoms with van der Waals surface area (Å²) in [5, 5.41) is 19.1. The first-order valence-corrected chi connectivity index (χ1v) is 7.30. The monoisotopic (exact) mass is 298 g/mol. The van der Waals surface area contributed by atoms with Gasteiger partial charge in [0.25, 0.3) is 0 Å². The van der Waals surface area contributed by atoms with Crippen LogP contribution in [0, 0.1) is 30.6 Å². The molecule has 0 aromatic carbocycles. The van der Waals surface area contributed by atoms with Crippen LogP contribution in [0.5, 0.6) is 0 Å². The summed E-state index contributed by atoms with van der Waals surface area (Å²) in [6.07, 6.45) is 5.07. The molecule has 0 amide bonds. The van der Waals surface area contributed by atoms with E-state index in [4.69, 9.17) is 16.8 Å². The number of thiophene rings is 1. The molecule has 1 rings (SSSR count). The van der Waals surface area contributed by atoms with Gasteiger partial charge in [0.2, 0.25) is 10.0 Å². The van der Waals surface area contributed by atoms with Gasteiger partial charge in [-0.1, -0.05) is 5.92 Å². The predicted octanol–water partition coefficient (Wildman–Crippen LogP) is 0.902. The Balaban J connectivity index is 3.42. The highest BCUT2D eigenvalue weighted by Crippen LogP contribution is 2.29. The first-order chi connectivity index (χ1) is 8.86. The Hall–Kier alpha value is -1.87. The molecule has 1 N–H and O–H groups in total. The van der Waals surface area contributed by atoms with Crippen LogP contribution < -0.4 is 0 Å². The maximum atomic E-state index is 12.3. The number of hydrogen-bond donors (Lipinski definition) is 1. The van der Waals surface area contributed by atoms with Crippen LogP contribution in [-0.4, -0.2) is 36.9 Å². The smallest absolute Gasteiger partial charge is 0.347 e. The Morgan fingerprint density at radius 3 is 2.68 bits per heavy atom. The number of nitrogens with zero attached hydrogens (tertiary/aromatic N) is 2. The molecular formula is C11H10N2O4S2. The van der Waals surface area contributed by atoms with Gasteiger partial charge in [-0.3, -0.25) is 0 Å². The maximum Gasteiger partial charge on any atom is 0.347 e. The van der Waals surface area contributed by atoms with Gasteiger partial charge in [-0.15, -0.1) is 17.8 Å². The van der Waals surface area contributed by atoms with Gasteiger partial charge in [-0.2, -0.15) is 9.57 Å². The first kappa shape index (κ1) is 15.2. The lowest BCUT2D eigenvalue weighted by molar-refractivity contribution is 0.0698. The Morgan fingerprint density at radius 1 is 1.58 bits per heavy atom. The zero-order chi connectivity index (χ0) is 14.6. The van der Waals surface area contributed by atoms with Crippen LogP contribution >= 0.6 is 11.3 Å². The highest BCUT2D eigenvalue weighted by atomic mass is 32.2. The third-order valence-corrected chi connectivity index (χ3v) is 5.42. The number of hydrogen-bond acceptors (Lipinski definition) is 5. The minimum atomic E-state index is -4.09. The lowest BCUT2D eigenvalue weighted by Crippen LogP contribution is -2.32. The van der Waals surface area contributed by atoms with Crippen LogP contribution in [0.25, 0.3) is 0 Å². The van der Waals surface area contributed by atoms with E-state index in [1.54, 1.807) is 6.07 Å². The second kappa shape index (κ2) is 5.85. The molecule has 0 atom stereocenters. The molecule has 1 heterocycles. The number of nitriles is 1. The van der Waals surface area contributed by atoms with Gasteiger partial charge in [-0.25, -0.2) is 13.2 Å². The van der Waals surface area contributed by atoms with Crippen molar-refractivity contribution in [2.75, 3.05) is 13.1 Å². The summed E-state index contributed by atoms with van der Waals surface area (Å²) in [6.45, 7) is 0.779. The summed E-state index contributed by atoms with van der Waals surface area (Å²) >= 11 is 0.825. The zero-order valence-corrected chi connectivity index (χ0v) is 11.6. The SMILES string of the molecule is C#CCN(CC#N)S(=O)(=O)c1c(C)csc1C(=O)O. The lowest BCUT2D eigenvalue weighted by atomic mass is 10.3. The van der Waals surface area contributed by atoms with E-state index in [1.165, 1.54) is 12.3 Å². The normalized spacial score (nSPS) is 10.9. The fourth-order valence-electron chi connectivity index (χ4n) is 1.44. The molecule has 0 unspecified atom stereocenters. The summed E-state index contributed by atoms with van der Waals surface area (Å²) in [4.78, 5) is 10.5. The van der Waals surface area contributed by atoms with Crippen LogP contribution in [0.15, 0.2) is 10.3 Å². The molecule has 1 aromatic heterocycles. The minimum absolute atomic E-state index is 0.280. The highest BCUT2D eigenvalue weighted by Gasteiger charge is 2.31. The average Bonchev–Trinajstić information content (AvgIpc) is 2.71. The van der Waals surface area contributed by atoms with E-state index in [1.807, 2.05) is 0 Å². The summed E-state index contributed by atoms with van der Waals surface area (Å²) in [6, 6.07) is 1.70. The van der Waals surface area contributed by atoms with Crippen molar-refractivity contribution < 1.29 is 18.3 Å². The fourth-order valence-corrected chi connectivity index (χ4v) is 4.27. The molecule has 0 bridgehead atoms. The number of aryl methyl sites for hydroxylation is 1. The number of carbonyl (C=O) groups is 1. The fraction of sp³-hybridized carbons (Fsp3) is 0.273. The summed E-state index contributed by atoms with van der Waals surface area (Å²) in [7, 11) is -4.09. The molecule has 1 aromatic rings. The molecular weight excluding hydrogens is 288 g/mol. The molecule has 19 heavy (non-hydrogen) atoms. The van der Waals surface area contributed by atoms with E-state index in [9.17, 15) is 13.2 Å². The van der Waals surface area contributed by atoms with Crippen molar-refractivity contribution >= 4 is 27.3 Å². The summed E-state index contributed by atoms with van der Waals surface area (Å²) in [5.41, 5.74) is 0.322. The third-order valence-electron chi connectivity index (χ3n) is 2.22. The molecule has 0 fully saturated rings. The van der Waals surface area contributed by atoms with Crippen molar-refractivity contribution in [3.8, 4) is 18.4 Å². The largest absolute Gasteiger partial charge is 0.477 e. The summed E-state index contributed by atoms with van der Waals surface area (Å²) < 4.78 is 25.5. The van der Waals surface area contributed by atoms with E-state index in [-0.39, 0.29) is 16.3 Å². The van der Waals surface area contributed by atoms with E-state index in [0.29, 0.717) is 5.56 Å². The lowest BCUT2D eigenvalue weighted by Gasteiger charge is -2.17. The Morgan fingerprint density at radius 2 is 2.21 bits per heavy atom. The van der Waals surface area contributed by atoms with Crippen molar-refractivity contribution in [2.24, 2.45) is 0 Å². The zero-order valence-electron chi connectivity index (χ0n) is 9.95. The molecule has 100 valence electrons. The van der Waals surface area contributed by atoms with E-state index in [0.717, 1.165) is 15.6 Å². The van der Waals surface area contributed by atoms with Crippen LogP contribution in [0.1, 0.15) is 15.2 Å². The van der Waals surface area contributed by atoms with Gasteiger partial charge >= 0.3 is 5.97 Å². The van der Waals surface area contributed by atoms with Gasteiger partial charge in [-0.05, 0) is 17.9 Å². The topological polar surface area (TPSA) is 98.5 Å². The molecule has 0 aliphatic heterocycles. The molecule has 0 aliphatic carbocycles. The van der Waals surface area contributed by atoms with Crippen molar-refractivity contribution in [1.82, 2.24) is 4.31 Å². The number of aromatic carboxylic acids is 1. The number of terminal acetylenes is 1. The number of sulfonamides is 1. The van der Waals surface area contributed by atoms with Crippen LogP contribution in [0.3, 0.4) is 0 Å². The average molecular weight is 298 g/mol. The van der Waals surface area contributed by atoms with Crippen LogP contribution in [-0.2, 0) is 10.0 Å². The van der Waals surface area contributed by atoms with Crippen molar-refractivity contribution in [3.05, 3.63) is 15.8 Å². The summed E-state index contributed by atoms with van der Waals surface area (Å²) in [5.74, 6) is 0.816. The van der Waals surface area contributed by atoms with Gasteiger partial charge in [0.15, 0.2) is 0 Å². The number of carboxylic acid groups (broad SMARTS) is 1. The maximum absolute atomic E-state index is 12.3. The molecule has 0 saturated carbocycles. The highest BCUT2D eigenvalue weighted by molar-refractivity contribution is 7.89. The number of carboxylic acids is 1. The second-order valence-corrected chi connectivity index (χ2v) is 6.27. The Bertz CT molecular complexity index is 661. The van der Waals surface area contributed by atoms with E-state index < -0.39 is 22.5 Å². The predicted molar refractivity (Wildman–Crippen MR) is 69.2 cm³/mol. The second-order valence-electron chi connectivity index (χ2n) is 3.52. The Kier molecular flexibility index (Phi) is 4.67. The standard InChI is InChI=1S/C11H10N2O4S2/c1-3-5-13(6-4-12)19(16,17)10-8(2)7-18-9(10)11(14)15/h1,7H,5-6H2,2H3,(H,14,15). The van der Waals surface area contributed by atoms with Gasteiger partial charge in [0.05, 0.1) is 12.6 Å². The van der Waals surface area contributed by atoms with Gasteiger partial charge in [0, 0.05) is 0 Å². The van der Waals surface area contributed by atoms with Crippen LogP contribution in [0.2, 0.25) is 0 Å². The van der Waals surface area contributed by atoms with E-state index in [2.05, 4.69) is 5.92 Å². The molecule has 0 aliphatic rings. The first-order valence-electron chi connectivity index (χ1n) is 4.98. The van der Waals surface area contributed by atoms with Gasteiger partial charge in [0.1, 0.15) is 16.3 Å². The van der Waals surface area contributed by atoms with Crippen molar-refractivity contribution in [1.29, 1.82) is 5.26 Å². The van der Waals surface area contributed by atoms with Crippen LogP contribution in [0.4, 0.5) is 0 Å². The third kappa shape index (κ3) is 2.93. The molecule has 0 spiro atoms. The number of rotatable bonds is 5. The molecule has 6 nitrogen and oxygen atoms in total. The van der Waals surface area contributed by atoms with E-state index >= 15 is 0 Å². The Labute approximate surface area is 114 Å². The molecule has 8 heteroatoms. The minimum Gasteiger partial charge on any atom is -0.477 e. The van der Waals surface area contributed by atoms with Gasteiger partial charge < -0.3 is 5.11 Å². The van der Waals surface area contributed by atoms with Crippen molar-refractivity contribution in [2.45, 2.75) is 11.8 Å².